The topological polar surface area (TPSA) is 90.1 Å². The number of nitrogens with zero attached hydrogens (tertiary/aromatic N) is 3. The average Bonchev–Trinajstić information content (AvgIpc) is 3.09. The van der Waals surface area contributed by atoms with Crippen LogP contribution in [0.1, 0.15) is 27.8 Å². The number of nitrogens with one attached hydrogen (secondary N) is 1. The lowest BCUT2D eigenvalue weighted by Crippen LogP contribution is -2.31. The summed E-state index contributed by atoms with van der Waals surface area (Å²) in [5, 5.41) is 13.9. The third-order valence-corrected chi connectivity index (χ3v) is 4.83. The first-order chi connectivity index (χ1) is 14.0. The van der Waals surface area contributed by atoms with Gasteiger partial charge in [0.15, 0.2) is 0 Å². The number of para-hydroxylation sites is 2. The smallest absolute Gasteiger partial charge is 0.269 e. The molecule has 0 radical (unpaired) electrons. The second-order valence-electron chi connectivity index (χ2n) is 6.64. The van der Waals surface area contributed by atoms with E-state index in [9.17, 15) is 14.9 Å². The predicted molar refractivity (Wildman–Crippen MR) is 110 cm³/mol. The van der Waals surface area contributed by atoms with Crippen LogP contribution in [0.5, 0.6) is 0 Å². The van der Waals surface area contributed by atoms with Gasteiger partial charge in [-0.3, -0.25) is 14.9 Å². The lowest BCUT2D eigenvalue weighted by molar-refractivity contribution is -0.384. The summed E-state index contributed by atoms with van der Waals surface area (Å²) >= 11 is 0. The number of imidazole rings is 1. The number of hydrogen-bond donors (Lipinski definition) is 1. The Bertz CT molecular complexity index is 1180. The van der Waals surface area contributed by atoms with E-state index in [-0.39, 0.29) is 11.6 Å². The van der Waals surface area contributed by atoms with Crippen molar-refractivity contribution in [2.24, 2.45) is 7.05 Å². The number of non-ortho nitro benzene ring substituents is 1. The highest BCUT2D eigenvalue weighted by Gasteiger charge is 2.23. The molecule has 0 spiro atoms. The zero-order valence-electron chi connectivity index (χ0n) is 15.6. The molecule has 0 aliphatic heterocycles. The number of benzene rings is 3. The van der Waals surface area contributed by atoms with Crippen LogP contribution < -0.4 is 5.32 Å². The summed E-state index contributed by atoms with van der Waals surface area (Å²) in [4.78, 5) is 28.0. The molecule has 1 heterocycles. The van der Waals surface area contributed by atoms with Crippen LogP contribution in [0.2, 0.25) is 0 Å². The van der Waals surface area contributed by atoms with Crippen LogP contribution in [-0.2, 0) is 7.05 Å². The van der Waals surface area contributed by atoms with Gasteiger partial charge in [0.25, 0.3) is 11.6 Å². The number of aromatic nitrogens is 2. The van der Waals surface area contributed by atoms with Crippen molar-refractivity contribution < 1.29 is 9.72 Å². The standard InChI is InChI=1S/C22H18N4O3/c1-25-19-10-6-5-9-18(19)23-21(25)20(15-7-3-2-4-8-15)24-22(27)16-11-13-17(14-12-16)26(28)29/h2-14,20H,1H3,(H,24,27). The number of rotatable bonds is 5. The van der Waals surface area contributed by atoms with Crippen LogP contribution in [0.15, 0.2) is 78.9 Å². The SMILES string of the molecule is Cn1c(C(NC(=O)c2ccc([N+](=O)[O-])cc2)c2ccccc2)nc2ccccc21. The highest BCUT2D eigenvalue weighted by molar-refractivity contribution is 5.95. The van der Waals surface area contributed by atoms with E-state index >= 15 is 0 Å². The number of amides is 1. The molecule has 3 aromatic carbocycles. The first kappa shape index (κ1) is 18.4. The van der Waals surface area contributed by atoms with Gasteiger partial charge in [0.2, 0.25) is 0 Å². The maximum atomic E-state index is 12.9. The Labute approximate surface area is 166 Å². The van der Waals surface area contributed by atoms with E-state index in [1.165, 1.54) is 24.3 Å². The van der Waals surface area contributed by atoms with Gasteiger partial charge in [-0.2, -0.15) is 0 Å². The molecule has 0 fully saturated rings. The van der Waals surface area contributed by atoms with Crippen LogP contribution in [0, 0.1) is 10.1 Å². The van der Waals surface area contributed by atoms with Gasteiger partial charge in [0.1, 0.15) is 11.9 Å². The van der Waals surface area contributed by atoms with Crippen LogP contribution in [0.4, 0.5) is 5.69 Å². The van der Waals surface area contributed by atoms with E-state index in [0.29, 0.717) is 11.4 Å². The molecule has 144 valence electrons. The van der Waals surface area contributed by atoms with Crippen molar-refractivity contribution in [3.63, 3.8) is 0 Å². The Balaban J connectivity index is 1.72. The fourth-order valence-electron chi connectivity index (χ4n) is 3.31. The molecule has 7 nitrogen and oxygen atoms in total. The molecule has 0 saturated carbocycles. The average molecular weight is 386 g/mol. The van der Waals surface area contributed by atoms with Gasteiger partial charge in [-0.25, -0.2) is 4.98 Å². The molecule has 0 aliphatic carbocycles. The molecule has 0 saturated heterocycles. The number of carbonyl (C=O) groups is 1. The summed E-state index contributed by atoms with van der Waals surface area (Å²) in [6, 6.07) is 22.4. The first-order valence-corrected chi connectivity index (χ1v) is 9.06. The van der Waals surface area contributed by atoms with Crippen LogP contribution in [0.25, 0.3) is 11.0 Å². The lowest BCUT2D eigenvalue weighted by Gasteiger charge is -2.19. The molecule has 1 aromatic heterocycles. The van der Waals surface area contributed by atoms with Crippen molar-refractivity contribution in [3.05, 3.63) is 106 Å². The normalized spacial score (nSPS) is 11.9. The van der Waals surface area contributed by atoms with E-state index in [1.54, 1.807) is 0 Å². The van der Waals surface area contributed by atoms with Crippen molar-refractivity contribution in [1.82, 2.24) is 14.9 Å². The number of hydrogen-bond acceptors (Lipinski definition) is 4. The molecule has 1 atom stereocenters. The quantitative estimate of drug-likeness (QED) is 0.415. The molecule has 0 bridgehead atoms. The van der Waals surface area contributed by atoms with Gasteiger partial charge in [-0.1, -0.05) is 42.5 Å². The summed E-state index contributed by atoms with van der Waals surface area (Å²) < 4.78 is 1.96. The molecule has 1 unspecified atom stereocenters. The third kappa shape index (κ3) is 3.58. The molecular weight excluding hydrogens is 368 g/mol. The van der Waals surface area contributed by atoms with E-state index in [2.05, 4.69) is 5.32 Å². The van der Waals surface area contributed by atoms with Gasteiger partial charge in [0, 0.05) is 24.7 Å². The fourth-order valence-corrected chi connectivity index (χ4v) is 3.31. The fraction of sp³-hybridized carbons (Fsp3) is 0.0909. The highest BCUT2D eigenvalue weighted by atomic mass is 16.6. The van der Waals surface area contributed by atoms with Gasteiger partial charge in [0.05, 0.1) is 16.0 Å². The Hall–Kier alpha value is -4.00. The van der Waals surface area contributed by atoms with Crippen LogP contribution in [-0.4, -0.2) is 20.4 Å². The minimum Gasteiger partial charge on any atom is -0.338 e. The second-order valence-corrected chi connectivity index (χ2v) is 6.64. The number of fused-ring (bicyclic) bond motifs is 1. The maximum Gasteiger partial charge on any atom is 0.269 e. The highest BCUT2D eigenvalue weighted by Crippen LogP contribution is 2.25. The summed E-state index contributed by atoms with van der Waals surface area (Å²) in [6.07, 6.45) is 0. The Kier molecular flexibility index (Phi) is 4.78. The molecular formula is C22H18N4O3. The van der Waals surface area contributed by atoms with Gasteiger partial charge < -0.3 is 9.88 Å². The summed E-state index contributed by atoms with van der Waals surface area (Å²) in [5.41, 5.74) is 2.98. The molecule has 7 heteroatoms. The summed E-state index contributed by atoms with van der Waals surface area (Å²) in [6.45, 7) is 0. The number of nitro benzene ring substituents is 1. The summed E-state index contributed by atoms with van der Waals surface area (Å²) in [7, 11) is 1.92. The van der Waals surface area contributed by atoms with Gasteiger partial charge >= 0.3 is 0 Å². The van der Waals surface area contributed by atoms with Crippen LogP contribution >= 0.6 is 0 Å². The van der Waals surface area contributed by atoms with Crippen LogP contribution in [0.3, 0.4) is 0 Å². The van der Waals surface area contributed by atoms with Gasteiger partial charge in [-0.05, 0) is 29.8 Å². The third-order valence-electron chi connectivity index (χ3n) is 4.83. The number of aryl methyl sites for hydroxylation is 1. The molecule has 4 aromatic rings. The monoisotopic (exact) mass is 386 g/mol. The molecule has 1 amide bonds. The number of carbonyl (C=O) groups excluding carboxylic acids is 1. The first-order valence-electron chi connectivity index (χ1n) is 9.06. The van der Waals surface area contributed by atoms with Crippen molar-refractivity contribution in [3.8, 4) is 0 Å². The van der Waals surface area contributed by atoms with E-state index in [1.807, 2.05) is 66.2 Å². The van der Waals surface area contributed by atoms with Gasteiger partial charge in [-0.15, -0.1) is 0 Å². The molecule has 29 heavy (non-hydrogen) atoms. The van der Waals surface area contributed by atoms with E-state index < -0.39 is 11.0 Å². The molecule has 4 rings (SSSR count). The zero-order chi connectivity index (χ0) is 20.4. The minimum atomic E-state index is -0.492. The van der Waals surface area contributed by atoms with Crippen molar-refractivity contribution >= 4 is 22.6 Å². The molecule has 1 N–H and O–H groups in total. The van der Waals surface area contributed by atoms with Crippen molar-refractivity contribution in [1.29, 1.82) is 0 Å². The Morgan fingerprint density at radius 1 is 1.00 bits per heavy atom. The van der Waals surface area contributed by atoms with Crippen molar-refractivity contribution in [2.75, 3.05) is 0 Å². The largest absolute Gasteiger partial charge is 0.338 e. The summed E-state index contributed by atoms with van der Waals surface area (Å²) in [5.74, 6) is 0.369. The van der Waals surface area contributed by atoms with E-state index in [0.717, 1.165) is 16.6 Å². The second kappa shape index (κ2) is 7.55. The van der Waals surface area contributed by atoms with E-state index in [4.69, 9.17) is 4.98 Å². The minimum absolute atomic E-state index is 0.0588. The molecule has 0 aliphatic rings. The predicted octanol–water partition coefficient (Wildman–Crippen LogP) is 4.00. The zero-order valence-corrected chi connectivity index (χ0v) is 15.6. The maximum absolute atomic E-state index is 12.9. The Morgan fingerprint density at radius 3 is 2.31 bits per heavy atom. The number of nitro groups is 1. The van der Waals surface area contributed by atoms with Crippen molar-refractivity contribution in [2.45, 2.75) is 6.04 Å². The Morgan fingerprint density at radius 2 is 1.66 bits per heavy atom. The lowest BCUT2D eigenvalue weighted by atomic mass is 10.1.